The molecule has 2 rings (SSSR count). The van der Waals surface area contributed by atoms with Crippen molar-refractivity contribution < 1.29 is 19.0 Å². The van der Waals surface area contributed by atoms with E-state index >= 15 is 0 Å². The summed E-state index contributed by atoms with van der Waals surface area (Å²) >= 11 is 1.36. The molecule has 0 atom stereocenters. The molecule has 0 unspecified atom stereocenters. The van der Waals surface area contributed by atoms with Crippen LogP contribution in [-0.2, 0) is 4.79 Å². The topological polar surface area (TPSA) is 73.8 Å². The summed E-state index contributed by atoms with van der Waals surface area (Å²) in [6.07, 6.45) is 0.422. The van der Waals surface area contributed by atoms with Gasteiger partial charge in [-0.2, -0.15) is 0 Å². The van der Waals surface area contributed by atoms with Gasteiger partial charge < -0.3 is 14.2 Å². The van der Waals surface area contributed by atoms with Crippen molar-refractivity contribution in [3.8, 4) is 27.8 Å². The average Bonchev–Trinajstić information content (AvgIpc) is 3.13. The lowest BCUT2D eigenvalue weighted by molar-refractivity contribution is -0.118. The standard InChI is InChI=1S/C18H25N3O4S/c1-7-15(22)21(10-11(2)3)18-20-19-17(26-18)12-8-13(23-4)16(25-6)14(9-12)24-5/h8-9,11H,7,10H2,1-6H3. The molecule has 0 fully saturated rings. The van der Waals surface area contributed by atoms with Gasteiger partial charge >= 0.3 is 0 Å². The van der Waals surface area contributed by atoms with Crippen molar-refractivity contribution in [1.29, 1.82) is 0 Å². The summed E-state index contributed by atoms with van der Waals surface area (Å²) < 4.78 is 16.1. The van der Waals surface area contributed by atoms with Gasteiger partial charge in [0.25, 0.3) is 0 Å². The van der Waals surface area contributed by atoms with Crippen LogP contribution in [0.1, 0.15) is 27.2 Å². The molecule has 1 heterocycles. The second-order valence-electron chi connectivity index (χ2n) is 6.06. The summed E-state index contributed by atoms with van der Waals surface area (Å²) in [5.41, 5.74) is 0.789. The van der Waals surface area contributed by atoms with Crippen molar-refractivity contribution in [3.05, 3.63) is 12.1 Å². The summed E-state index contributed by atoms with van der Waals surface area (Å²) in [4.78, 5) is 14.0. The molecule has 1 aromatic heterocycles. The largest absolute Gasteiger partial charge is 0.493 e. The van der Waals surface area contributed by atoms with Crippen LogP contribution in [0.15, 0.2) is 12.1 Å². The fourth-order valence-electron chi connectivity index (χ4n) is 2.49. The van der Waals surface area contributed by atoms with Gasteiger partial charge in [0, 0.05) is 18.5 Å². The van der Waals surface area contributed by atoms with E-state index in [-0.39, 0.29) is 5.91 Å². The van der Waals surface area contributed by atoms with Crippen LogP contribution in [0.25, 0.3) is 10.6 Å². The number of aromatic nitrogens is 2. The zero-order valence-corrected chi connectivity index (χ0v) is 16.8. The Morgan fingerprint density at radius 2 is 1.73 bits per heavy atom. The van der Waals surface area contributed by atoms with Crippen LogP contribution < -0.4 is 19.1 Å². The Bertz CT molecular complexity index is 736. The minimum absolute atomic E-state index is 0.0336. The Balaban J connectivity index is 2.44. The Kier molecular flexibility index (Phi) is 6.79. The number of benzene rings is 1. The van der Waals surface area contributed by atoms with Crippen molar-refractivity contribution in [2.45, 2.75) is 27.2 Å². The predicted molar refractivity (Wildman–Crippen MR) is 102 cm³/mol. The van der Waals surface area contributed by atoms with Crippen LogP contribution in [0.4, 0.5) is 5.13 Å². The third-order valence-corrected chi connectivity index (χ3v) is 4.70. The van der Waals surface area contributed by atoms with Crippen LogP contribution in [0.3, 0.4) is 0 Å². The van der Waals surface area contributed by atoms with E-state index in [9.17, 15) is 4.79 Å². The van der Waals surface area contributed by atoms with Crippen molar-refractivity contribution in [3.63, 3.8) is 0 Å². The van der Waals surface area contributed by atoms with Gasteiger partial charge in [-0.1, -0.05) is 32.1 Å². The number of nitrogens with zero attached hydrogens (tertiary/aromatic N) is 3. The predicted octanol–water partition coefficient (Wildman–Crippen LogP) is 3.63. The Hall–Kier alpha value is -2.35. The Morgan fingerprint density at radius 3 is 2.19 bits per heavy atom. The number of hydrogen-bond donors (Lipinski definition) is 0. The van der Waals surface area contributed by atoms with E-state index in [4.69, 9.17) is 14.2 Å². The van der Waals surface area contributed by atoms with E-state index in [1.54, 1.807) is 26.2 Å². The average molecular weight is 379 g/mol. The molecule has 142 valence electrons. The number of anilines is 1. The van der Waals surface area contributed by atoms with E-state index < -0.39 is 0 Å². The lowest BCUT2D eigenvalue weighted by Gasteiger charge is -2.20. The number of hydrogen-bond acceptors (Lipinski definition) is 7. The number of ether oxygens (including phenoxy) is 3. The maximum atomic E-state index is 12.3. The summed E-state index contributed by atoms with van der Waals surface area (Å²) in [7, 11) is 4.69. The first kappa shape index (κ1) is 20.0. The monoisotopic (exact) mass is 379 g/mol. The van der Waals surface area contributed by atoms with Gasteiger partial charge in [-0.15, -0.1) is 10.2 Å². The normalized spacial score (nSPS) is 10.7. The lowest BCUT2D eigenvalue weighted by Crippen LogP contribution is -2.33. The fraction of sp³-hybridized carbons (Fsp3) is 0.500. The Morgan fingerprint density at radius 1 is 1.12 bits per heavy atom. The third kappa shape index (κ3) is 4.24. The molecular formula is C18H25N3O4S. The van der Waals surface area contributed by atoms with Crippen molar-refractivity contribution in [2.75, 3.05) is 32.8 Å². The maximum Gasteiger partial charge on any atom is 0.228 e. The molecule has 1 amide bonds. The highest BCUT2D eigenvalue weighted by Crippen LogP contribution is 2.42. The third-order valence-electron chi connectivity index (χ3n) is 3.71. The number of carbonyl (C=O) groups is 1. The zero-order valence-electron chi connectivity index (χ0n) is 16.0. The van der Waals surface area contributed by atoms with E-state index in [0.717, 1.165) is 5.56 Å². The van der Waals surface area contributed by atoms with Crippen LogP contribution >= 0.6 is 11.3 Å². The molecular weight excluding hydrogens is 354 g/mol. The van der Waals surface area contributed by atoms with Crippen molar-refractivity contribution >= 4 is 22.4 Å². The van der Waals surface area contributed by atoms with Crippen LogP contribution in [-0.4, -0.2) is 44.0 Å². The highest BCUT2D eigenvalue weighted by molar-refractivity contribution is 7.18. The first-order valence-electron chi connectivity index (χ1n) is 8.39. The van der Waals surface area contributed by atoms with Gasteiger partial charge in [0.05, 0.1) is 21.3 Å². The molecule has 26 heavy (non-hydrogen) atoms. The summed E-state index contributed by atoms with van der Waals surface area (Å²) in [6, 6.07) is 3.64. The summed E-state index contributed by atoms with van der Waals surface area (Å²) in [5.74, 6) is 1.97. The molecule has 0 N–H and O–H groups in total. The quantitative estimate of drug-likeness (QED) is 0.697. The molecule has 8 heteroatoms. The molecule has 0 saturated heterocycles. The van der Waals surface area contributed by atoms with E-state index in [1.807, 2.05) is 19.1 Å². The van der Waals surface area contributed by atoms with Crippen LogP contribution in [0.5, 0.6) is 17.2 Å². The lowest BCUT2D eigenvalue weighted by atomic mass is 10.2. The summed E-state index contributed by atoms with van der Waals surface area (Å²) in [5, 5.41) is 9.76. The highest BCUT2D eigenvalue weighted by Gasteiger charge is 2.22. The van der Waals surface area contributed by atoms with Gasteiger partial charge in [-0.05, 0) is 18.1 Å². The van der Waals surface area contributed by atoms with Gasteiger partial charge in [0.15, 0.2) is 11.5 Å². The molecule has 0 spiro atoms. The number of amides is 1. The molecule has 7 nitrogen and oxygen atoms in total. The van der Waals surface area contributed by atoms with Gasteiger partial charge in [0.2, 0.25) is 16.8 Å². The summed E-state index contributed by atoms with van der Waals surface area (Å²) in [6.45, 7) is 6.58. The number of rotatable bonds is 8. The van der Waals surface area contributed by atoms with Crippen LogP contribution in [0, 0.1) is 5.92 Å². The highest BCUT2D eigenvalue weighted by atomic mass is 32.1. The second kappa shape index (κ2) is 8.84. The van der Waals surface area contributed by atoms with E-state index in [0.29, 0.717) is 46.3 Å². The van der Waals surface area contributed by atoms with E-state index in [1.165, 1.54) is 11.3 Å². The van der Waals surface area contributed by atoms with Crippen molar-refractivity contribution in [2.24, 2.45) is 5.92 Å². The van der Waals surface area contributed by atoms with Gasteiger partial charge in [-0.3, -0.25) is 9.69 Å². The van der Waals surface area contributed by atoms with Gasteiger partial charge in [0.1, 0.15) is 5.01 Å². The smallest absolute Gasteiger partial charge is 0.228 e. The molecule has 0 aliphatic carbocycles. The molecule has 2 aromatic rings. The van der Waals surface area contributed by atoms with Gasteiger partial charge in [-0.25, -0.2) is 0 Å². The SMILES string of the molecule is CCC(=O)N(CC(C)C)c1nnc(-c2cc(OC)c(OC)c(OC)c2)s1. The Labute approximate surface area is 157 Å². The fourth-order valence-corrected chi connectivity index (χ4v) is 3.35. The minimum atomic E-state index is 0.0336. The van der Waals surface area contributed by atoms with E-state index in [2.05, 4.69) is 24.0 Å². The zero-order chi connectivity index (χ0) is 19.3. The number of methoxy groups -OCH3 is 3. The molecule has 0 radical (unpaired) electrons. The molecule has 0 aliphatic rings. The molecule has 0 bridgehead atoms. The van der Waals surface area contributed by atoms with Crippen LogP contribution in [0.2, 0.25) is 0 Å². The molecule has 1 aromatic carbocycles. The minimum Gasteiger partial charge on any atom is -0.493 e. The second-order valence-corrected chi connectivity index (χ2v) is 7.01. The number of carbonyl (C=O) groups excluding carboxylic acids is 1. The maximum absolute atomic E-state index is 12.3. The molecule has 0 saturated carbocycles. The van der Waals surface area contributed by atoms with Crippen molar-refractivity contribution in [1.82, 2.24) is 10.2 Å². The first-order chi connectivity index (χ1) is 12.4. The first-order valence-corrected chi connectivity index (χ1v) is 9.20. The molecule has 0 aliphatic heterocycles.